The van der Waals surface area contributed by atoms with Gasteiger partial charge in [0.05, 0.1) is 6.10 Å². The lowest BCUT2D eigenvalue weighted by Gasteiger charge is -2.26. The van der Waals surface area contributed by atoms with Crippen molar-refractivity contribution >= 4 is 39.4 Å². The van der Waals surface area contributed by atoms with E-state index in [0.717, 1.165) is 55.8 Å². The summed E-state index contributed by atoms with van der Waals surface area (Å²) in [7, 11) is 0. The highest BCUT2D eigenvalue weighted by atomic mass is 35.5. The van der Waals surface area contributed by atoms with Crippen LogP contribution in [0.3, 0.4) is 0 Å². The Hall–Kier alpha value is -2.18. The van der Waals surface area contributed by atoms with Crippen LogP contribution in [0.25, 0.3) is 21.8 Å². The lowest BCUT2D eigenvalue weighted by Crippen LogP contribution is -2.28. The Morgan fingerprint density at radius 3 is 2.76 bits per heavy atom. The minimum Gasteiger partial charge on any atom is -0.393 e. The zero-order valence-electron chi connectivity index (χ0n) is 16.7. The summed E-state index contributed by atoms with van der Waals surface area (Å²) in [6.45, 7) is 3.53. The lowest BCUT2D eigenvalue weighted by molar-refractivity contribution is 0.104. The summed E-state index contributed by atoms with van der Waals surface area (Å²) in [5.41, 5.74) is 0.587. The van der Waals surface area contributed by atoms with E-state index in [4.69, 9.17) is 16.6 Å². The van der Waals surface area contributed by atoms with Crippen LogP contribution in [0.5, 0.6) is 0 Å². The summed E-state index contributed by atoms with van der Waals surface area (Å²) < 4.78 is 1.78. The first-order chi connectivity index (χ1) is 14.1. The molecule has 0 saturated heterocycles. The Kier molecular flexibility index (Phi) is 6.01. The van der Waals surface area contributed by atoms with Crippen molar-refractivity contribution in [1.82, 2.24) is 14.5 Å². The van der Waals surface area contributed by atoms with E-state index >= 15 is 0 Å². The van der Waals surface area contributed by atoms with Crippen LogP contribution in [0.1, 0.15) is 45.4 Å². The number of hydrogen-bond donors (Lipinski definition) is 2. The minimum atomic E-state index is -0.216. The zero-order chi connectivity index (χ0) is 20.4. The largest absolute Gasteiger partial charge is 0.393 e. The van der Waals surface area contributed by atoms with E-state index in [0.29, 0.717) is 34.5 Å². The van der Waals surface area contributed by atoms with Crippen LogP contribution in [0.15, 0.2) is 29.2 Å². The molecule has 0 radical (unpaired) electrons. The maximum atomic E-state index is 13.4. The van der Waals surface area contributed by atoms with Gasteiger partial charge in [-0.2, -0.15) is 4.98 Å². The fraction of sp³-hybridized carbons (Fsp3) is 0.500. The molecular formula is C22H27ClN4O2. The van der Waals surface area contributed by atoms with Gasteiger partial charge < -0.3 is 10.4 Å². The number of fused-ring (bicyclic) bond motifs is 3. The van der Waals surface area contributed by atoms with Gasteiger partial charge in [-0.1, -0.05) is 31.0 Å². The summed E-state index contributed by atoms with van der Waals surface area (Å²) in [5, 5.41) is 15.9. The summed E-state index contributed by atoms with van der Waals surface area (Å²) in [6.07, 6.45) is 7.11. The second-order valence-electron chi connectivity index (χ2n) is 7.99. The average molecular weight is 415 g/mol. The van der Waals surface area contributed by atoms with E-state index in [1.54, 1.807) is 22.9 Å². The number of nitrogens with zero attached hydrogens (tertiary/aromatic N) is 3. The van der Waals surface area contributed by atoms with Crippen molar-refractivity contribution in [3.63, 3.8) is 0 Å². The van der Waals surface area contributed by atoms with Crippen LogP contribution >= 0.6 is 11.6 Å². The summed E-state index contributed by atoms with van der Waals surface area (Å²) in [5.74, 6) is 0.897. The molecule has 0 amide bonds. The normalized spacial score (nSPS) is 19.7. The van der Waals surface area contributed by atoms with Crippen molar-refractivity contribution in [3.8, 4) is 0 Å². The fourth-order valence-electron chi connectivity index (χ4n) is 4.16. The Morgan fingerprint density at radius 2 is 2.00 bits per heavy atom. The van der Waals surface area contributed by atoms with Gasteiger partial charge in [-0.3, -0.25) is 9.36 Å². The van der Waals surface area contributed by atoms with Crippen molar-refractivity contribution in [2.45, 2.75) is 58.1 Å². The van der Waals surface area contributed by atoms with Gasteiger partial charge in [0.25, 0.3) is 5.56 Å². The maximum Gasteiger partial charge on any atom is 0.260 e. The first kappa shape index (κ1) is 20.1. The quantitative estimate of drug-likeness (QED) is 0.462. The predicted octanol–water partition coefficient (Wildman–Crippen LogP) is 4.36. The van der Waals surface area contributed by atoms with Crippen molar-refractivity contribution in [2.24, 2.45) is 5.92 Å². The third-order valence-corrected chi connectivity index (χ3v) is 6.08. The molecule has 29 heavy (non-hydrogen) atoms. The maximum absolute atomic E-state index is 13.4. The summed E-state index contributed by atoms with van der Waals surface area (Å²) in [6, 6.07) is 5.40. The minimum absolute atomic E-state index is 0.0701. The summed E-state index contributed by atoms with van der Waals surface area (Å²) in [4.78, 5) is 22.6. The Morgan fingerprint density at radius 1 is 1.21 bits per heavy atom. The molecule has 2 aromatic heterocycles. The number of rotatable bonds is 6. The number of anilines is 1. The molecule has 1 aliphatic carbocycles. The molecule has 0 atom stereocenters. The van der Waals surface area contributed by atoms with Crippen LogP contribution < -0.4 is 10.9 Å². The molecule has 154 valence electrons. The molecule has 3 aromatic rings. The van der Waals surface area contributed by atoms with E-state index in [-0.39, 0.29) is 11.7 Å². The number of nitrogens with one attached hydrogen (secondary N) is 1. The molecule has 1 aromatic carbocycles. The van der Waals surface area contributed by atoms with Gasteiger partial charge in [-0.25, -0.2) is 4.98 Å². The van der Waals surface area contributed by atoms with Gasteiger partial charge in [0.2, 0.25) is 5.95 Å². The number of hydrogen-bond acceptors (Lipinski definition) is 5. The van der Waals surface area contributed by atoms with Gasteiger partial charge in [0, 0.05) is 35.1 Å². The highest BCUT2D eigenvalue weighted by molar-refractivity contribution is 6.31. The van der Waals surface area contributed by atoms with E-state index in [1.807, 2.05) is 6.07 Å². The van der Waals surface area contributed by atoms with Crippen LogP contribution in [0.2, 0.25) is 5.02 Å². The number of aromatic nitrogens is 3. The molecular weight excluding hydrogens is 388 g/mol. The Balaban J connectivity index is 1.82. The molecule has 7 heteroatoms. The van der Waals surface area contributed by atoms with E-state index < -0.39 is 0 Å². The standard InChI is InChI=1S/C22H27ClN4O2/c1-2-3-10-24-22-25-12-19-17-9-6-15(23)11-18(17)21(29)27(20(19)26-22)13-14-4-7-16(28)8-5-14/h6,9,11-12,14,16,28H,2-5,7-8,10,13H2,1H3,(H,24,25,26). The lowest BCUT2D eigenvalue weighted by atomic mass is 9.87. The van der Waals surface area contributed by atoms with Crippen molar-refractivity contribution in [3.05, 3.63) is 39.8 Å². The molecule has 6 nitrogen and oxygen atoms in total. The van der Waals surface area contributed by atoms with Crippen LogP contribution in [-0.2, 0) is 6.54 Å². The molecule has 2 heterocycles. The summed E-state index contributed by atoms with van der Waals surface area (Å²) >= 11 is 6.18. The molecule has 0 aliphatic heterocycles. The number of aliphatic hydroxyl groups excluding tert-OH is 1. The molecule has 2 N–H and O–H groups in total. The van der Waals surface area contributed by atoms with E-state index in [2.05, 4.69) is 17.2 Å². The van der Waals surface area contributed by atoms with Gasteiger partial charge >= 0.3 is 0 Å². The molecule has 1 aliphatic rings. The molecule has 0 unspecified atom stereocenters. The highest BCUT2D eigenvalue weighted by Gasteiger charge is 2.22. The van der Waals surface area contributed by atoms with Gasteiger partial charge in [0.15, 0.2) is 0 Å². The first-order valence-electron chi connectivity index (χ1n) is 10.5. The first-order valence-corrected chi connectivity index (χ1v) is 10.9. The molecule has 0 spiro atoms. The molecule has 0 bridgehead atoms. The van der Waals surface area contributed by atoms with Gasteiger partial charge in [0.1, 0.15) is 5.65 Å². The smallest absolute Gasteiger partial charge is 0.260 e. The number of unbranched alkanes of at least 4 members (excludes halogenated alkanes) is 1. The third-order valence-electron chi connectivity index (χ3n) is 5.84. The predicted molar refractivity (Wildman–Crippen MR) is 118 cm³/mol. The highest BCUT2D eigenvalue weighted by Crippen LogP contribution is 2.28. The van der Waals surface area contributed by atoms with E-state index in [1.165, 1.54) is 0 Å². The molecule has 1 saturated carbocycles. The number of benzene rings is 1. The topological polar surface area (TPSA) is 80.0 Å². The molecule has 1 fully saturated rings. The SMILES string of the molecule is CCCCNc1ncc2c3ccc(Cl)cc3c(=O)n(CC3CCC(O)CC3)c2n1. The van der Waals surface area contributed by atoms with Gasteiger partial charge in [-0.05, 0) is 55.5 Å². The van der Waals surface area contributed by atoms with E-state index in [9.17, 15) is 9.90 Å². The fourth-order valence-corrected chi connectivity index (χ4v) is 4.33. The second-order valence-corrected chi connectivity index (χ2v) is 8.43. The number of halogens is 1. The van der Waals surface area contributed by atoms with Crippen LogP contribution in [0.4, 0.5) is 5.95 Å². The number of aliphatic hydroxyl groups is 1. The monoisotopic (exact) mass is 414 g/mol. The van der Waals surface area contributed by atoms with Crippen LogP contribution in [0, 0.1) is 5.92 Å². The van der Waals surface area contributed by atoms with Crippen molar-refractivity contribution in [1.29, 1.82) is 0 Å². The Bertz CT molecular complexity index is 1070. The van der Waals surface area contributed by atoms with Crippen LogP contribution in [-0.4, -0.2) is 32.3 Å². The number of pyridine rings is 1. The van der Waals surface area contributed by atoms with Crippen molar-refractivity contribution in [2.75, 3.05) is 11.9 Å². The third kappa shape index (κ3) is 4.23. The molecule has 4 rings (SSSR count). The van der Waals surface area contributed by atoms with Crippen molar-refractivity contribution < 1.29 is 5.11 Å². The Labute approximate surface area is 174 Å². The second kappa shape index (κ2) is 8.67. The van der Waals surface area contributed by atoms with Gasteiger partial charge in [-0.15, -0.1) is 0 Å². The zero-order valence-corrected chi connectivity index (χ0v) is 17.5. The average Bonchev–Trinajstić information content (AvgIpc) is 2.72.